The third-order valence-corrected chi connectivity index (χ3v) is 2.79. The van der Waals surface area contributed by atoms with Gasteiger partial charge in [0.25, 0.3) is 0 Å². The third kappa shape index (κ3) is 4.20. The largest absolute Gasteiger partial charge is 0.486 e. The second-order valence-electron chi connectivity index (χ2n) is 3.41. The van der Waals surface area contributed by atoms with Crippen LogP contribution in [-0.2, 0) is 9.19 Å². The predicted molar refractivity (Wildman–Crippen MR) is 47.8 cm³/mol. The van der Waals surface area contributed by atoms with E-state index in [1.165, 1.54) is 11.5 Å². The number of rotatable bonds is 3. The molecule has 0 amide bonds. The summed E-state index contributed by atoms with van der Waals surface area (Å²) in [6, 6.07) is 0.154. The Bertz CT molecular complexity index is 199. The summed E-state index contributed by atoms with van der Waals surface area (Å²) in [6.45, 7) is 0. The minimum atomic E-state index is -4.36. The zero-order valence-electron chi connectivity index (χ0n) is 7.72. The molecule has 5 nitrogen and oxygen atoms in total. The maximum atomic E-state index is 10.5. The summed E-state index contributed by atoms with van der Waals surface area (Å²) < 4.78 is 15.0. The van der Waals surface area contributed by atoms with E-state index in [4.69, 9.17) is 9.79 Å². The van der Waals surface area contributed by atoms with Gasteiger partial charge in [0.05, 0.1) is 0 Å². The lowest BCUT2D eigenvalue weighted by atomic mass is 9.96. The van der Waals surface area contributed by atoms with Crippen LogP contribution in [0.2, 0.25) is 0 Å². The maximum absolute atomic E-state index is 10.5. The third-order valence-electron chi connectivity index (χ3n) is 2.32. The van der Waals surface area contributed by atoms with Crippen LogP contribution in [0.25, 0.3) is 0 Å². The minimum absolute atomic E-state index is 0.154. The molecule has 1 rings (SSSR count). The van der Waals surface area contributed by atoms with Crippen LogP contribution in [0.3, 0.4) is 0 Å². The second kappa shape index (κ2) is 4.53. The number of hydrogen-bond donors (Lipinski definition) is 2. The van der Waals surface area contributed by atoms with E-state index in [1.807, 2.05) is 0 Å². The van der Waals surface area contributed by atoms with Crippen molar-refractivity contribution in [2.75, 3.05) is 7.05 Å². The Morgan fingerprint density at radius 1 is 1.31 bits per heavy atom. The zero-order valence-corrected chi connectivity index (χ0v) is 8.61. The molecule has 0 bridgehead atoms. The van der Waals surface area contributed by atoms with E-state index in [-0.39, 0.29) is 6.04 Å². The molecule has 0 radical (unpaired) electrons. The van der Waals surface area contributed by atoms with Crippen molar-refractivity contribution in [3.8, 4) is 0 Å². The lowest BCUT2D eigenvalue weighted by Crippen LogP contribution is -2.32. The highest BCUT2D eigenvalue weighted by molar-refractivity contribution is 7.46. The molecular formula is C7H16NO4P. The Hall–Kier alpha value is 0.0700. The number of hydrogen-bond acceptors (Lipinski definition) is 3. The number of phosphoric acid groups is 1. The molecule has 0 aromatic carbocycles. The normalized spacial score (nSPS) is 20.9. The minimum Gasteiger partial charge on any atom is -0.302 e. The summed E-state index contributed by atoms with van der Waals surface area (Å²) in [5.74, 6) is 0. The van der Waals surface area contributed by atoms with Gasteiger partial charge >= 0.3 is 7.82 Å². The summed E-state index contributed by atoms with van der Waals surface area (Å²) in [6.07, 6.45) is 5.34. The fourth-order valence-electron chi connectivity index (χ4n) is 1.68. The van der Waals surface area contributed by atoms with Crippen molar-refractivity contribution < 1.29 is 19.0 Å². The van der Waals surface area contributed by atoms with Crippen LogP contribution >= 0.6 is 7.82 Å². The molecule has 0 heterocycles. The highest BCUT2D eigenvalue weighted by Crippen LogP contribution is 2.38. The molecule has 6 heteroatoms. The van der Waals surface area contributed by atoms with Gasteiger partial charge in [-0.1, -0.05) is 19.3 Å². The summed E-state index contributed by atoms with van der Waals surface area (Å²) in [4.78, 5) is 17.1. The molecule has 0 aromatic rings. The van der Waals surface area contributed by atoms with Gasteiger partial charge < -0.3 is 9.79 Å². The van der Waals surface area contributed by atoms with Crippen LogP contribution in [0.1, 0.15) is 32.1 Å². The fraction of sp³-hybridized carbons (Fsp3) is 1.00. The molecular weight excluding hydrogens is 193 g/mol. The van der Waals surface area contributed by atoms with Gasteiger partial charge in [0.2, 0.25) is 0 Å². The first-order valence-electron chi connectivity index (χ1n) is 4.47. The molecule has 0 aliphatic heterocycles. The van der Waals surface area contributed by atoms with Crippen LogP contribution in [-0.4, -0.2) is 27.9 Å². The lowest BCUT2D eigenvalue weighted by molar-refractivity contribution is -0.100. The molecule has 78 valence electrons. The van der Waals surface area contributed by atoms with E-state index < -0.39 is 7.82 Å². The molecule has 0 aromatic heterocycles. The molecule has 2 N–H and O–H groups in total. The number of nitrogens with zero attached hydrogens (tertiary/aromatic N) is 1. The van der Waals surface area contributed by atoms with E-state index in [2.05, 4.69) is 4.62 Å². The van der Waals surface area contributed by atoms with Gasteiger partial charge in [-0.25, -0.2) is 4.57 Å². The summed E-state index contributed by atoms with van der Waals surface area (Å²) in [5, 5.41) is 1.31. The Morgan fingerprint density at radius 3 is 2.31 bits per heavy atom. The molecule has 0 spiro atoms. The van der Waals surface area contributed by atoms with Crippen molar-refractivity contribution in [1.29, 1.82) is 0 Å². The molecule has 1 fully saturated rings. The van der Waals surface area contributed by atoms with Gasteiger partial charge in [0.15, 0.2) is 0 Å². The maximum Gasteiger partial charge on any atom is 0.486 e. The average Bonchev–Trinajstić information content (AvgIpc) is 2.03. The van der Waals surface area contributed by atoms with Crippen molar-refractivity contribution in [1.82, 2.24) is 5.06 Å². The molecule has 0 unspecified atom stereocenters. The Morgan fingerprint density at radius 2 is 1.85 bits per heavy atom. The van der Waals surface area contributed by atoms with Crippen LogP contribution in [0.4, 0.5) is 0 Å². The Labute approximate surface area is 77.9 Å². The average molecular weight is 209 g/mol. The van der Waals surface area contributed by atoms with Crippen LogP contribution in [0.5, 0.6) is 0 Å². The van der Waals surface area contributed by atoms with Gasteiger partial charge in [0, 0.05) is 13.1 Å². The molecule has 1 saturated carbocycles. The fourth-order valence-corrected chi connectivity index (χ4v) is 2.15. The smallest absolute Gasteiger partial charge is 0.302 e. The highest BCUT2D eigenvalue weighted by atomic mass is 31.2. The van der Waals surface area contributed by atoms with Gasteiger partial charge in [-0.2, -0.15) is 9.69 Å². The van der Waals surface area contributed by atoms with Crippen molar-refractivity contribution in [2.45, 2.75) is 38.1 Å². The Kier molecular flexibility index (Phi) is 3.88. The van der Waals surface area contributed by atoms with E-state index in [9.17, 15) is 4.57 Å². The molecule has 0 saturated heterocycles. The van der Waals surface area contributed by atoms with Crippen molar-refractivity contribution in [2.24, 2.45) is 0 Å². The van der Waals surface area contributed by atoms with Gasteiger partial charge in [-0.05, 0) is 12.8 Å². The van der Waals surface area contributed by atoms with Gasteiger partial charge in [0.1, 0.15) is 0 Å². The first kappa shape index (κ1) is 11.1. The zero-order chi connectivity index (χ0) is 9.90. The second-order valence-corrected chi connectivity index (χ2v) is 4.55. The summed E-state index contributed by atoms with van der Waals surface area (Å²) in [5.41, 5.74) is 0. The van der Waals surface area contributed by atoms with E-state index >= 15 is 0 Å². The van der Waals surface area contributed by atoms with Crippen LogP contribution in [0.15, 0.2) is 0 Å². The van der Waals surface area contributed by atoms with Gasteiger partial charge in [-0.3, -0.25) is 0 Å². The van der Waals surface area contributed by atoms with Crippen molar-refractivity contribution in [3.05, 3.63) is 0 Å². The molecule has 0 atom stereocenters. The first-order valence-corrected chi connectivity index (χ1v) is 6.00. The SMILES string of the molecule is CN(OP(=O)(O)O)C1CCCCC1. The van der Waals surface area contributed by atoms with Crippen molar-refractivity contribution in [3.63, 3.8) is 0 Å². The van der Waals surface area contributed by atoms with E-state index in [1.54, 1.807) is 7.05 Å². The van der Waals surface area contributed by atoms with E-state index in [0.717, 1.165) is 25.7 Å². The molecule has 1 aliphatic carbocycles. The van der Waals surface area contributed by atoms with E-state index in [0.29, 0.717) is 0 Å². The van der Waals surface area contributed by atoms with Gasteiger partial charge in [-0.15, -0.1) is 0 Å². The predicted octanol–water partition coefficient (Wildman–Crippen LogP) is 1.28. The highest BCUT2D eigenvalue weighted by Gasteiger charge is 2.25. The monoisotopic (exact) mass is 209 g/mol. The van der Waals surface area contributed by atoms with Crippen LogP contribution < -0.4 is 0 Å². The summed E-state index contributed by atoms with van der Waals surface area (Å²) >= 11 is 0. The lowest BCUT2D eigenvalue weighted by Gasteiger charge is -2.29. The first-order chi connectivity index (χ1) is 5.99. The molecule has 1 aliphatic rings. The summed E-state index contributed by atoms with van der Waals surface area (Å²) in [7, 11) is -2.78. The van der Waals surface area contributed by atoms with Crippen molar-refractivity contribution >= 4 is 7.82 Å². The standard InChI is InChI=1S/C7H16NO4P/c1-8(12-13(9,10)11)7-5-3-2-4-6-7/h7H,2-6H2,1H3,(H2,9,10,11). The Balaban J connectivity index is 2.37. The van der Waals surface area contributed by atoms with Crippen LogP contribution in [0, 0.1) is 0 Å². The number of hydroxylamine groups is 2. The topological polar surface area (TPSA) is 70.0 Å². The molecule has 13 heavy (non-hydrogen) atoms. The quantitative estimate of drug-likeness (QED) is 0.541.